The van der Waals surface area contributed by atoms with Crippen molar-refractivity contribution in [2.75, 3.05) is 25.6 Å². The molecule has 3 N–H and O–H groups in total. The molecule has 8 nitrogen and oxygen atoms in total. The molecule has 2 aliphatic heterocycles. The topological polar surface area (TPSA) is 93.1 Å². The summed E-state index contributed by atoms with van der Waals surface area (Å²) in [5, 5.41) is 10.7. The average Bonchev–Trinajstić information content (AvgIpc) is 3.61. The molecule has 0 bridgehead atoms. The minimum absolute atomic E-state index is 0.0714. The van der Waals surface area contributed by atoms with Crippen LogP contribution in [0.1, 0.15) is 39.5 Å². The van der Waals surface area contributed by atoms with Crippen molar-refractivity contribution < 1.29 is 9.53 Å². The Kier molecular flexibility index (Phi) is 5.47. The van der Waals surface area contributed by atoms with Gasteiger partial charge in [0.25, 0.3) is 5.91 Å². The molecule has 8 heteroatoms. The van der Waals surface area contributed by atoms with E-state index in [1.54, 1.807) is 0 Å². The molecule has 178 valence electrons. The van der Waals surface area contributed by atoms with Crippen molar-refractivity contribution in [1.29, 1.82) is 0 Å². The molecule has 0 aliphatic carbocycles. The first-order chi connectivity index (χ1) is 17.1. The first kappa shape index (κ1) is 21.8. The van der Waals surface area contributed by atoms with Gasteiger partial charge in [0.2, 0.25) is 0 Å². The second-order valence-corrected chi connectivity index (χ2v) is 9.17. The van der Waals surface area contributed by atoms with Crippen molar-refractivity contribution in [1.82, 2.24) is 25.2 Å². The number of aromatic nitrogens is 3. The van der Waals surface area contributed by atoms with Crippen LogP contribution < -0.4 is 16.0 Å². The molecule has 2 aliphatic rings. The van der Waals surface area contributed by atoms with E-state index in [0.29, 0.717) is 24.6 Å². The van der Waals surface area contributed by atoms with Gasteiger partial charge >= 0.3 is 0 Å². The molecule has 3 aromatic heterocycles. The van der Waals surface area contributed by atoms with Gasteiger partial charge in [-0.2, -0.15) is 0 Å². The van der Waals surface area contributed by atoms with Gasteiger partial charge in [-0.3, -0.25) is 4.79 Å². The third-order valence-corrected chi connectivity index (χ3v) is 7.01. The number of nitrogens with one attached hydrogen (secondary N) is 3. The van der Waals surface area contributed by atoms with Crippen LogP contribution in [0, 0.1) is 0 Å². The predicted molar refractivity (Wildman–Crippen MR) is 136 cm³/mol. The summed E-state index contributed by atoms with van der Waals surface area (Å²) in [6.45, 7) is 2.71. The van der Waals surface area contributed by atoms with Crippen LogP contribution in [0.3, 0.4) is 0 Å². The minimum Gasteiger partial charge on any atom is -0.381 e. The lowest BCUT2D eigenvalue weighted by atomic mass is 9.94. The summed E-state index contributed by atoms with van der Waals surface area (Å²) in [7, 11) is 3.91. The third-order valence-electron chi connectivity index (χ3n) is 7.01. The molecule has 1 atom stereocenters. The lowest BCUT2D eigenvalue weighted by Crippen LogP contribution is -2.15. The van der Waals surface area contributed by atoms with E-state index in [4.69, 9.17) is 9.72 Å². The molecular formula is C27H28N6O2. The van der Waals surface area contributed by atoms with E-state index in [-0.39, 0.29) is 5.91 Å². The molecule has 6 rings (SSSR count). The number of carbonyl (C=O) groups is 1. The number of hydrogen-bond donors (Lipinski definition) is 3. The number of anilines is 2. The number of nitrogens with zero attached hydrogens (tertiary/aromatic N) is 3. The van der Waals surface area contributed by atoms with Crippen LogP contribution in [0.25, 0.3) is 22.2 Å². The lowest BCUT2D eigenvalue weighted by Gasteiger charge is -2.17. The maximum atomic E-state index is 12.9. The van der Waals surface area contributed by atoms with E-state index in [9.17, 15) is 4.79 Å². The van der Waals surface area contributed by atoms with E-state index in [0.717, 1.165) is 64.6 Å². The van der Waals surface area contributed by atoms with Crippen LogP contribution in [-0.4, -0.2) is 40.7 Å². The summed E-state index contributed by atoms with van der Waals surface area (Å²) >= 11 is 0. The zero-order valence-corrected chi connectivity index (χ0v) is 19.9. The van der Waals surface area contributed by atoms with Crippen molar-refractivity contribution >= 4 is 28.4 Å². The Morgan fingerprint density at radius 3 is 2.91 bits per heavy atom. The quantitative estimate of drug-likeness (QED) is 0.398. The fraction of sp³-hybridized carbons (Fsp3) is 0.296. The number of hydrogen-bond acceptors (Lipinski definition) is 6. The van der Waals surface area contributed by atoms with Gasteiger partial charge in [-0.1, -0.05) is 12.1 Å². The van der Waals surface area contributed by atoms with Gasteiger partial charge in [-0.25, -0.2) is 9.97 Å². The molecule has 5 heterocycles. The van der Waals surface area contributed by atoms with Gasteiger partial charge in [0.05, 0.1) is 23.6 Å². The van der Waals surface area contributed by atoms with Gasteiger partial charge in [0.1, 0.15) is 11.5 Å². The van der Waals surface area contributed by atoms with Gasteiger partial charge in [-0.15, -0.1) is 0 Å². The Bertz CT molecular complexity index is 1440. The molecular weight excluding hydrogens is 440 g/mol. The molecule has 1 amide bonds. The van der Waals surface area contributed by atoms with Crippen LogP contribution in [0.15, 0.2) is 48.8 Å². The number of fused-ring (bicyclic) bond motifs is 2. The van der Waals surface area contributed by atoms with Gasteiger partial charge < -0.3 is 25.3 Å². The number of rotatable bonds is 6. The van der Waals surface area contributed by atoms with Crippen molar-refractivity contribution in [2.24, 2.45) is 7.05 Å². The van der Waals surface area contributed by atoms with Crippen LogP contribution >= 0.6 is 0 Å². The Balaban J connectivity index is 1.39. The molecule has 0 saturated carbocycles. The molecule has 1 aromatic carbocycles. The monoisotopic (exact) mass is 468 g/mol. The number of aryl methyl sites for hydroxylation is 1. The molecule has 0 unspecified atom stereocenters. The van der Waals surface area contributed by atoms with Crippen molar-refractivity contribution in [3.63, 3.8) is 0 Å². The first-order valence-corrected chi connectivity index (χ1v) is 12.0. The predicted octanol–water partition coefficient (Wildman–Crippen LogP) is 3.85. The average molecular weight is 469 g/mol. The fourth-order valence-corrected chi connectivity index (χ4v) is 5.28. The normalized spacial score (nSPS) is 17.1. The highest BCUT2D eigenvalue weighted by molar-refractivity contribution is 6.07. The van der Waals surface area contributed by atoms with Crippen molar-refractivity contribution in [3.8, 4) is 11.1 Å². The van der Waals surface area contributed by atoms with Gasteiger partial charge in [-0.05, 0) is 60.0 Å². The molecule has 0 radical (unpaired) electrons. The summed E-state index contributed by atoms with van der Waals surface area (Å²) < 4.78 is 7.60. The lowest BCUT2D eigenvalue weighted by molar-refractivity contribution is 0.0966. The van der Waals surface area contributed by atoms with Gasteiger partial charge in [0.15, 0.2) is 0 Å². The van der Waals surface area contributed by atoms with Gasteiger partial charge in [0, 0.05) is 50.4 Å². The summed E-state index contributed by atoms with van der Waals surface area (Å²) in [4.78, 5) is 22.3. The SMILES string of the molecule is CNCc1nc(Nc2ccc(-c3ccnc4c3ccn4C)c3c2C(=O)NC3)ccc1[C@H]1CCOC1. The van der Waals surface area contributed by atoms with E-state index in [1.807, 2.05) is 49.3 Å². The standard InChI is InChI=1S/C27H28N6O2/c1-28-14-23-17(16-9-12-35-15-16)4-6-24(32-23)31-22-5-3-18(21-13-30-27(34)25(21)22)19-7-10-29-26-20(19)8-11-33(26)2/h3-8,10-11,16,28H,9,12-15H2,1-2H3,(H,30,34)(H,31,32)/t16-/m0/s1. The van der Waals surface area contributed by atoms with E-state index >= 15 is 0 Å². The number of ether oxygens (including phenoxy) is 1. The van der Waals surface area contributed by atoms with Crippen LogP contribution in [0.5, 0.6) is 0 Å². The van der Waals surface area contributed by atoms with Crippen LogP contribution in [0.2, 0.25) is 0 Å². The second kappa shape index (κ2) is 8.79. The van der Waals surface area contributed by atoms with Crippen LogP contribution in [0.4, 0.5) is 11.5 Å². The fourth-order valence-electron chi connectivity index (χ4n) is 5.28. The first-order valence-electron chi connectivity index (χ1n) is 12.0. The molecule has 1 fully saturated rings. The highest BCUT2D eigenvalue weighted by Gasteiger charge is 2.27. The molecule has 1 saturated heterocycles. The second-order valence-electron chi connectivity index (χ2n) is 9.17. The maximum absolute atomic E-state index is 12.9. The van der Waals surface area contributed by atoms with Crippen LogP contribution in [-0.2, 0) is 24.9 Å². The molecule has 4 aromatic rings. The number of pyridine rings is 2. The number of amides is 1. The Hall–Kier alpha value is -3.75. The summed E-state index contributed by atoms with van der Waals surface area (Å²) in [6.07, 6.45) is 4.85. The zero-order valence-electron chi connectivity index (χ0n) is 19.9. The maximum Gasteiger partial charge on any atom is 0.254 e. The Labute approximate surface area is 203 Å². The van der Waals surface area contributed by atoms with E-state index in [2.05, 4.69) is 39.1 Å². The minimum atomic E-state index is -0.0714. The molecule has 35 heavy (non-hydrogen) atoms. The number of benzene rings is 1. The Morgan fingerprint density at radius 1 is 1.17 bits per heavy atom. The zero-order chi connectivity index (χ0) is 23.9. The molecule has 0 spiro atoms. The summed E-state index contributed by atoms with van der Waals surface area (Å²) in [6, 6.07) is 12.3. The smallest absolute Gasteiger partial charge is 0.254 e. The summed E-state index contributed by atoms with van der Waals surface area (Å²) in [5.74, 6) is 1.03. The van der Waals surface area contributed by atoms with E-state index < -0.39 is 0 Å². The summed E-state index contributed by atoms with van der Waals surface area (Å²) in [5.41, 5.74) is 7.71. The van der Waals surface area contributed by atoms with E-state index in [1.165, 1.54) is 5.56 Å². The highest BCUT2D eigenvalue weighted by atomic mass is 16.5. The van der Waals surface area contributed by atoms with Crippen molar-refractivity contribution in [3.05, 3.63) is 71.2 Å². The highest BCUT2D eigenvalue weighted by Crippen LogP contribution is 2.38. The third kappa shape index (κ3) is 3.75. The Morgan fingerprint density at radius 2 is 2.09 bits per heavy atom. The van der Waals surface area contributed by atoms with Crippen molar-refractivity contribution in [2.45, 2.75) is 25.4 Å². The largest absolute Gasteiger partial charge is 0.381 e. The number of carbonyl (C=O) groups excluding carboxylic acids is 1.